The van der Waals surface area contributed by atoms with Crippen LogP contribution < -0.4 is 5.32 Å². The fourth-order valence-corrected chi connectivity index (χ4v) is 1.51. The Kier molecular flexibility index (Phi) is 15.6. The summed E-state index contributed by atoms with van der Waals surface area (Å²) in [5, 5.41) is 4.28. The lowest BCUT2D eigenvalue weighted by Crippen LogP contribution is -2.08. The number of nitrogens with one attached hydrogen (secondary N) is 1. The summed E-state index contributed by atoms with van der Waals surface area (Å²) in [4.78, 5) is 0. The monoisotopic (exact) mass is 187 g/mol. The van der Waals surface area contributed by atoms with Crippen LogP contribution >= 0.6 is 11.8 Å². The van der Waals surface area contributed by atoms with Crippen molar-refractivity contribution in [2.75, 3.05) is 12.3 Å². The minimum Gasteiger partial charge on any atom is -0.381 e. The summed E-state index contributed by atoms with van der Waals surface area (Å²) >= 11 is 1.82. The summed E-state index contributed by atoms with van der Waals surface area (Å²) in [6.45, 7) is 15.1. The molecular weight excluding hydrogens is 166 g/mol. The Morgan fingerprint density at radius 3 is 2.33 bits per heavy atom. The summed E-state index contributed by atoms with van der Waals surface area (Å²) in [6, 6.07) is 0. The van der Waals surface area contributed by atoms with Crippen LogP contribution in [0.25, 0.3) is 0 Å². The van der Waals surface area contributed by atoms with Crippen LogP contribution in [0.1, 0.15) is 26.7 Å². The number of rotatable bonds is 6. The highest BCUT2D eigenvalue weighted by atomic mass is 32.2. The Bertz CT molecular complexity index is 102. The van der Waals surface area contributed by atoms with E-state index in [0.29, 0.717) is 0 Å². The lowest BCUT2D eigenvalue weighted by atomic mass is 10.4. The minimum atomic E-state index is 0.984. The molecule has 0 aromatic heterocycles. The molecule has 12 heavy (non-hydrogen) atoms. The van der Waals surface area contributed by atoms with Crippen LogP contribution in [0.4, 0.5) is 0 Å². The zero-order valence-corrected chi connectivity index (χ0v) is 9.17. The molecule has 72 valence electrons. The van der Waals surface area contributed by atoms with E-state index in [9.17, 15) is 0 Å². The largest absolute Gasteiger partial charge is 0.381 e. The van der Waals surface area contributed by atoms with Crippen LogP contribution in [0.3, 0.4) is 0 Å². The van der Waals surface area contributed by atoms with Gasteiger partial charge in [0.2, 0.25) is 0 Å². The highest BCUT2D eigenvalue weighted by Gasteiger charge is 1.90. The van der Waals surface area contributed by atoms with Gasteiger partial charge in [-0.25, -0.2) is 0 Å². The van der Waals surface area contributed by atoms with Crippen molar-refractivity contribution in [3.63, 3.8) is 0 Å². The van der Waals surface area contributed by atoms with Crippen molar-refractivity contribution in [1.82, 2.24) is 5.32 Å². The second-order valence-corrected chi connectivity index (χ2v) is 3.35. The SMILES string of the molecule is C=C.C=C(NCC)SCCCC. The predicted octanol–water partition coefficient (Wildman–Crippen LogP) is 3.40. The van der Waals surface area contributed by atoms with Gasteiger partial charge in [0.1, 0.15) is 0 Å². The summed E-state index contributed by atoms with van der Waals surface area (Å²) < 4.78 is 0. The Morgan fingerprint density at radius 2 is 1.92 bits per heavy atom. The smallest absolute Gasteiger partial charge is 0.0608 e. The maximum Gasteiger partial charge on any atom is 0.0608 e. The molecule has 1 nitrogen and oxygen atoms in total. The molecule has 0 unspecified atom stereocenters. The van der Waals surface area contributed by atoms with E-state index < -0.39 is 0 Å². The van der Waals surface area contributed by atoms with Gasteiger partial charge in [-0.15, -0.1) is 24.9 Å². The third kappa shape index (κ3) is 12.3. The number of hydrogen-bond acceptors (Lipinski definition) is 2. The van der Waals surface area contributed by atoms with E-state index in [0.717, 1.165) is 11.6 Å². The van der Waals surface area contributed by atoms with Crippen molar-refractivity contribution in [2.24, 2.45) is 0 Å². The van der Waals surface area contributed by atoms with Gasteiger partial charge < -0.3 is 5.32 Å². The molecule has 0 aromatic carbocycles. The zero-order valence-electron chi connectivity index (χ0n) is 8.36. The quantitative estimate of drug-likeness (QED) is 0.505. The summed E-state index contributed by atoms with van der Waals surface area (Å²) in [5.41, 5.74) is 0. The standard InChI is InChI=1S/C8H17NS.C2H4/c1-4-6-7-10-8(3)9-5-2;1-2/h9H,3-7H2,1-2H3;1-2H2. The Balaban J connectivity index is 0. The van der Waals surface area contributed by atoms with Gasteiger partial charge in [-0.1, -0.05) is 19.9 Å². The van der Waals surface area contributed by atoms with Gasteiger partial charge in [0.05, 0.1) is 5.03 Å². The summed E-state index contributed by atoms with van der Waals surface area (Å²) in [6.07, 6.45) is 2.56. The molecule has 0 aliphatic heterocycles. The van der Waals surface area contributed by atoms with Crippen LogP contribution in [-0.4, -0.2) is 12.3 Å². The molecule has 0 saturated heterocycles. The maximum absolute atomic E-state index is 3.87. The first-order valence-electron chi connectivity index (χ1n) is 4.36. The van der Waals surface area contributed by atoms with Gasteiger partial charge in [-0.05, 0) is 19.1 Å². The first-order valence-corrected chi connectivity index (χ1v) is 5.35. The Labute approximate surface area is 81.3 Å². The first-order chi connectivity index (χ1) is 5.81. The van der Waals surface area contributed by atoms with Gasteiger partial charge in [-0.3, -0.25) is 0 Å². The Morgan fingerprint density at radius 1 is 1.33 bits per heavy atom. The highest BCUT2D eigenvalue weighted by Crippen LogP contribution is 2.11. The molecule has 2 heteroatoms. The van der Waals surface area contributed by atoms with Crippen molar-refractivity contribution < 1.29 is 0 Å². The van der Waals surface area contributed by atoms with Crippen molar-refractivity contribution in [3.05, 3.63) is 24.8 Å². The summed E-state index contributed by atoms with van der Waals surface area (Å²) in [7, 11) is 0. The van der Waals surface area contributed by atoms with Crippen molar-refractivity contribution in [3.8, 4) is 0 Å². The number of hydrogen-bond donors (Lipinski definition) is 1. The van der Waals surface area contributed by atoms with E-state index >= 15 is 0 Å². The van der Waals surface area contributed by atoms with Crippen LogP contribution in [-0.2, 0) is 0 Å². The fourth-order valence-electron chi connectivity index (χ4n) is 0.588. The van der Waals surface area contributed by atoms with Gasteiger partial charge in [0.15, 0.2) is 0 Å². The molecule has 0 spiro atoms. The van der Waals surface area contributed by atoms with Crippen LogP contribution in [0, 0.1) is 0 Å². The van der Waals surface area contributed by atoms with Gasteiger partial charge in [-0.2, -0.15) is 0 Å². The third-order valence-corrected chi connectivity index (χ3v) is 2.13. The summed E-state index contributed by atoms with van der Waals surface area (Å²) in [5.74, 6) is 1.20. The highest BCUT2D eigenvalue weighted by molar-refractivity contribution is 8.02. The maximum atomic E-state index is 3.87. The van der Waals surface area contributed by atoms with Gasteiger partial charge >= 0.3 is 0 Å². The molecule has 0 radical (unpaired) electrons. The lowest BCUT2D eigenvalue weighted by molar-refractivity contribution is 0.886. The molecule has 0 heterocycles. The second kappa shape index (κ2) is 13.2. The lowest BCUT2D eigenvalue weighted by Gasteiger charge is -2.04. The van der Waals surface area contributed by atoms with Crippen molar-refractivity contribution in [1.29, 1.82) is 0 Å². The normalized spacial score (nSPS) is 8.17. The van der Waals surface area contributed by atoms with E-state index in [2.05, 4.69) is 38.9 Å². The minimum absolute atomic E-state index is 0.984. The van der Waals surface area contributed by atoms with Crippen LogP contribution in [0.2, 0.25) is 0 Å². The fraction of sp³-hybridized carbons (Fsp3) is 0.600. The zero-order chi connectivity index (χ0) is 9.82. The van der Waals surface area contributed by atoms with Crippen LogP contribution in [0.5, 0.6) is 0 Å². The average Bonchev–Trinajstić information content (AvgIpc) is 2.09. The average molecular weight is 187 g/mol. The predicted molar refractivity (Wildman–Crippen MR) is 61.4 cm³/mol. The first kappa shape index (κ1) is 14.2. The molecule has 0 bridgehead atoms. The van der Waals surface area contributed by atoms with Crippen molar-refractivity contribution in [2.45, 2.75) is 26.7 Å². The van der Waals surface area contributed by atoms with E-state index in [4.69, 9.17) is 0 Å². The molecule has 0 aliphatic carbocycles. The molecule has 0 amide bonds. The van der Waals surface area contributed by atoms with Gasteiger partial charge in [0, 0.05) is 6.54 Å². The molecule has 0 fully saturated rings. The second-order valence-electron chi connectivity index (χ2n) is 2.16. The Hall–Kier alpha value is -0.370. The van der Waals surface area contributed by atoms with E-state index in [1.165, 1.54) is 18.6 Å². The number of thioether (sulfide) groups is 1. The molecular formula is C10H21NS. The molecule has 0 aromatic rings. The van der Waals surface area contributed by atoms with Crippen molar-refractivity contribution >= 4 is 11.8 Å². The molecule has 1 N–H and O–H groups in total. The molecule has 0 aliphatic rings. The van der Waals surface area contributed by atoms with E-state index in [1.54, 1.807) is 0 Å². The van der Waals surface area contributed by atoms with Crippen LogP contribution in [0.15, 0.2) is 24.8 Å². The molecule has 0 saturated carbocycles. The van der Waals surface area contributed by atoms with Gasteiger partial charge in [0.25, 0.3) is 0 Å². The topological polar surface area (TPSA) is 12.0 Å². The molecule has 0 atom stereocenters. The number of unbranched alkanes of at least 4 members (excludes halogenated alkanes) is 1. The van der Waals surface area contributed by atoms with E-state index in [1.807, 2.05) is 11.8 Å². The van der Waals surface area contributed by atoms with E-state index in [-0.39, 0.29) is 0 Å². The third-order valence-electron chi connectivity index (χ3n) is 1.15. The molecule has 0 rings (SSSR count).